The number of benzene rings is 9. The molecule has 0 amide bonds. The van der Waals surface area contributed by atoms with Crippen molar-refractivity contribution in [3.63, 3.8) is 0 Å². The van der Waals surface area contributed by atoms with Gasteiger partial charge in [-0.15, -0.1) is 0 Å². The minimum absolute atomic E-state index is 0.711. The number of hydrogen-bond donors (Lipinski definition) is 0. The largest absolute Gasteiger partial charge is 0.309 e. The molecule has 4 heteroatoms. The fraction of sp³-hybridized carbons (Fsp3) is 0. The van der Waals surface area contributed by atoms with Crippen molar-refractivity contribution >= 4 is 43.5 Å². The molecule has 0 bridgehead atoms. The lowest BCUT2D eigenvalue weighted by atomic mass is 9.96. The Morgan fingerprint density at radius 2 is 0.794 bits per heavy atom. The molecule has 0 radical (unpaired) electrons. The van der Waals surface area contributed by atoms with Crippen LogP contribution in [-0.2, 0) is 0 Å². The van der Waals surface area contributed by atoms with E-state index in [0.29, 0.717) is 5.82 Å². The summed E-state index contributed by atoms with van der Waals surface area (Å²) in [6.45, 7) is 0. The molecular weight excluding hydrogens is 765 g/mol. The van der Waals surface area contributed by atoms with Gasteiger partial charge < -0.3 is 4.57 Å². The summed E-state index contributed by atoms with van der Waals surface area (Å²) in [6.07, 6.45) is 0. The Hall–Kier alpha value is -8.47. The maximum absolute atomic E-state index is 5.27. The summed E-state index contributed by atoms with van der Waals surface area (Å²) in [4.78, 5) is 15.3. The molecule has 0 fully saturated rings. The van der Waals surface area contributed by atoms with E-state index in [1.54, 1.807) is 0 Å². The first kappa shape index (κ1) is 36.4. The van der Waals surface area contributed by atoms with Crippen molar-refractivity contribution in [2.75, 3.05) is 0 Å². The van der Waals surface area contributed by atoms with Gasteiger partial charge >= 0.3 is 0 Å². The average molecular weight is 803 g/mol. The monoisotopic (exact) mass is 802 g/mol. The van der Waals surface area contributed by atoms with Crippen molar-refractivity contribution in [3.8, 4) is 73.1 Å². The summed E-state index contributed by atoms with van der Waals surface area (Å²) in [6, 6.07) is 81.6. The van der Waals surface area contributed by atoms with E-state index < -0.39 is 0 Å². The molecule has 0 N–H and O–H groups in total. The van der Waals surface area contributed by atoms with Crippen molar-refractivity contribution in [1.29, 1.82) is 0 Å². The van der Waals surface area contributed by atoms with Gasteiger partial charge in [-0.05, 0) is 82.2 Å². The molecule has 0 aliphatic rings. The zero-order chi connectivity index (χ0) is 41.7. The van der Waals surface area contributed by atoms with E-state index in [0.717, 1.165) is 89.1 Å². The molecule has 63 heavy (non-hydrogen) atoms. The highest BCUT2D eigenvalue weighted by Gasteiger charge is 2.19. The Kier molecular flexibility index (Phi) is 8.79. The lowest BCUT2D eigenvalue weighted by Gasteiger charge is -2.12. The predicted octanol–water partition coefficient (Wildman–Crippen LogP) is 15.3. The van der Waals surface area contributed by atoms with Gasteiger partial charge in [-0.25, -0.2) is 15.0 Å². The fourth-order valence-electron chi connectivity index (χ4n) is 9.09. The first-order valence-corrected chi connectivity index (χ1v) is 21.3. The molecule has 0 saturated carbocycles. The Balaban J connectivity index is 0.970. The summed E-state index contributed by atoms with van der Waals surface area (Å²) in [5, 5.41) is 5.88. The number of hydrogen-bond acceptors (Lipinski definition) is 3. The second-order valence-electron chi connectivity index (χ2n) is 16.0. The van der Waals surface area contributed by atoms with Gasteiger partial charge in [0, 0.05) is 49.5 Å². The van der Waals surface area contributed by atoms with Crippen LogP contribution in [0.3, 0.4) is 0 Å². The van der Waals surface area contributed by atoms with Crippen LogP contribution in [0.15, 0.2) is 231 Å². The summed E-state index contributed by atoms with van der Waals surface area (Å²) >= 11 is 0. The molecule has 12 rings (SSSR count). The normalized spacial score (nSPS) is 11.5. The van der Waals surface area contributed by atoms with Crippen molar-refractivity contribution in [1.82, 2.24) is 19.5 Å². The summed E-state index contributed by atoms with van der Waals surface area (Å²) in [5.41, 5.74) is 16.0. The van der Waals surface area contributed by atoms with Crippen LogP contribution in [0, 0.1) is 0 Å². The number of fused-ring (bicyclic) bond motifs is 6. The SMILES string of the molecule is c1ccc(-c2cc(-c3ccc(-c4cccc(-c5ccc6c(c5)c5cc7c(-c8ccccc8)nc8ccccc8c7cc5n6-c5ccccc5)c4)cc3)nc(-c3ccccc3)n2)cc1. The number of para-hydroxylation sites is 2. The van der Waals surface area contributed by atoms with Gasteiger partial charge in [0.05, 0.1) is 33.6 Å². The van der Waals surface area contributed by atoms with Crippen molar-refractivity contribution in [2.45, 2.75) is 0 Å². The number of nitrogens with zero attached hydrogens (tertiary/aromatic N) is 4. The van der Waals surface area contributed by atoms with Gasteiger partial charge in [-0.3, -0.25) is 0 Å². The summed E-state index contributed by atoms with van der Waals surface area (Å²) in [7, 11) is 0. The Bertz CT molecular complexity index is 3580. The first-order valence-electron chi connectivity index (χ1n) is 21.3. The van der Waals surface area contributed by atoms with Gasteiger partial charge in [0.2, 0.25) is 0 Å². The van der Waals surface area contributed by atoms with E-state index in [2.05, 4.69) is 199 Å². The van der Waals surface area contributed by atoms with Crippen LogP contribution < -0.4 is 0 Å². The highest BCUT2D eigenvalue weighted by molar-refractivity contribution is 6.20. The summed E-state index contributed by atoms with van der Waals surface area (Å²) < 4.78 is 2.41. The van der Waals surface area contributed by atoms with Crippen LogP contribution in [0.1, 0.15) is 0 Å². The number of pyridine rings is 1. The van der Waals surface area contributed by atoms with Crippen molar-refractivity contribution in [3.05, 3.63) is 231 Å². The molecule has 3 aromatic heterocycles. The van der Waals surface area contributed by atoms with Crippen LogP contribution in [-0.4, -0.2) is 19.5 Å². The second-order valence-corrected chi connectivity index (χ2v) is 16.0. The van der Waals surface area contributed by atoms with Crippen molar-refractivity contribution in [2.24, 2.45) is 0 Å². The molecule has 0 aliphatic heterocycles. The molecule has 12 aromatic rings. The Labute approximate surface area is 365 Å². The van der Waals surface area contributed by atoms with E-state index in [-0.39, 0.29) is 0 Å². The van der Waals surface area contributed by atoms with E-state index in [1.807, 2.05) is 36.4 Å². The van der Waals surface area contributed by atoms with E-state index in [9.17, 15) is 0 Å². The van der Waals surface area contributed by atoms with Gasteiger partial charge in [-0.1, -0.05) is 176 Å². The first-order chi connectivity index (χ1) is 31.2. The molecule has 0 spiro atoms. The molecule has 0 aliphatic carbocycles. The molecule has 9 aromatic carbocycles. The third kappa shape index (κ3) is 6.53. The molecular formula is C59H38N4. The highest BCUT2D eigenvalue weighted by Crippen LogP contribution is 2.41. The zero-order valence-corrected chi connectivity index (χ0v) is 34.2. The van der Waals surface area contributed by atoms with Crippen LogP contribution in [0.2, 0.25) is 0 Å². The maximum atomic E-state index is 5.27. The smallest absolute Gasteiger partial charge is 0.160 e. The van der Waals surface area contributed by atoms with Crippen LogP contribution in [0.5, 0.6) is 0 Å². The topological polar surface area (TPSA) is 43.6 Å². The standard InChI is InChI=1S/C59H38N4/c1-5-16-40(17-6-1)54-38-55(62-59(61-54)43-20-9-3-10-21-43)41-30-28-39(29-31-41)44-22-15-23-45(34-44)46-32-33-56-50(35-46)51-36-52-49(37-57(51)63(56)47-24-11-4-12-25-47)48-26-13-14-27-53(48)60-58(52)42-18-7-2-8-19-42/h1-38H. The van der Waals surface area contributed by atoms with Gasteiger partial charge in [0.25, 0.3) is 0 Å². The summed E-state index contributed by atoms with van der Waals surface area (Å²) in [5.74, 6) is 0.711. The predicted molar refractivity (Wildman–Crippen MR) is 262 cm³/mol. The third-order valence-corrected chi connectivity index (χ3v) is 12.2. The number of rotatable bonds is 7. The van der Waals surface area contributed by atoms with Crippen LogP contribution >= 0.6 is 0 Å². The Morgan fingerprint density at radius 1 is 0.270 bits per heavy atom. The van der Waals surface area contributed by atoms with Crippen LogP contribution in [0.25, 0.3) is 117 Å². The molecule has 3 heterocycles. The molecule has 4 nitrogen and oxygen atoms in total. The van der Waals surface area contributed by atoms with Crippen LogP contribution in [0.4, 0.5) is 0 Å². The minimum Gasteiger partial charge on any atom is -0.309 e. The van der Waals surface area contributed by atoms with Gasteiger partial charge in [-0.2, -0.15) is 0 Å². The third-order valence-electron chi connectivity index (χ3n) is 12.2. The average Bonchev–Trinajstić information content (AvgIpc) is 3.69. The van der Waals surface area contributed by atoms with E-state index >= 15 is 0 Å². The maximum Gasteiger partial charge on any atom is 0.160 e. The Morgan fingerprint density at radius 3 is 1.51 bits per heavy atom. The molecule has 0 unspecified atom stereocenters. The second kappa shape index (κ2) is 15.2. The quantitative estimate of drug-likeness (QED) is 0.151. The van der Waals surface area contributed by atoms with E-state index in [4.69, 9.17) is 15.0 Å². The van der Waals surface area contributed by atoms with Gasteiger partial charge in [0.15, 0.2) is 5.82 Å². The minimum atomic E-state index is 0.711. The lowest BCUT2D eigenvalue weighted by Crippen LogP contribution is -1.95. The fourth-order valence-corrected chi connectivity index (χ4v) is 9.09. The van der Waals surface area contributed by atoms with Crippen molar-refractivity contribution < 1.29 is 0 Å². The molecule has 0 saturated heterocycles. The molecule has 0 atom stereocenters. The lowest BCUT2D eigenvalue weighted by molar-refractivity contribution is 1.18. The van der Waals surface area contributed by atoms with E-state index in [1.165, 1.54) is 21.7 Å². The van der Waals surface area contributed by atoms with Gasteiger partial charge in [0.1, 0.15) is 0 Å². The number of aromatic nitrogens is 4. The molecule has 294 valence electrons. The highest BCUT2D eigenvalue weighted by atomic mass is 15.0. The zero-order valence-electron chi connectivity index (χ0n) is 34.2.